The van der Waals surface area contributed by atoms with Crippen molar-refractivity contribution < 1.29 is 9.26 Å². The molecule has 1 N–H and O–H groups in total. The standard InChI is InChI=1S/C15H15BrN6O2/c1-7-10(16)6-9(14(17-7)23-2)13-18-15(24-21-13)8-4-3-5-11-12(8)20-22-19-11/h6,8H,3-5H2,1-2H3,(H,19,20,22). The Hall–Kier alpha value is -2.29. The molecule has 24 heavy (non-hydrogen) atoms. The number of aromatic amines is 1. The van der Waals surface area contributed by atoms with Gasteiger partial charge in [-0.1, -0.05) is 5.16 Å². The highest BCUT2D eigenvalue weighted by molar-refractivity contribution is 9.10. The van der Waals surface area contributed by atoms with Crippen molar-refractivity contribution >= 4 is 15.9 Å². The first kappa shape index (κ1) is 15.3. The van der Waals surface area contributed by atoms with Crippen molar-refractivity contribution in [2.75, 3.05) is 7.11 Å². The van der Waals surface area contributed by atoms with Crippen molar-refractivity contribution in [1.29, 1.82) is 0 Å². The van der Waals surface area contributed by atoms with E-state index < -0.39 is 0 Å². The van der Waals surface area contributed by atoms with Crippen molar-refractivity contribution in [3.05, 3.63) is 33.5 Å². The van der Waals surface area contributed by atoms with Gasteiger partial charge in [-0.05, 0) is 48.2 Å². The van der Waals surface area contributed by atoms with Gasteiger partial charge in [0.05, 0.1) is 35.7 Å². The lowest BCUT2D eigenvalue weighted by Gasteiger charge is -2.15. The molecule has 3 aromatic rings. The average molecular weight is 391 g/mol. The molecule has 0 aromatic carbocycles. The van der Waals surface area contributed by atoms with Gasteiger partial charge in [-0.25, -0.2) is 4.98 Å². The number of fused-ring (bicyclic) bond motifs is 1. The van der Waals surface area contributed by atoms with Gasteiger partial charge in [-0.3, -0.25) is 0 Å². The fourth-order valence-electron chi connectivity index (χ4n) is 2.94. The summed E-state index contributed by atoms with van der Waals surface area (Å²) < 4.78 is 11.7. The van der Waals surface area contributed by atoms with E-state index in [1.807, 2.05) is 13.0 Å². The molecule has 0 radical (unpaired) electrons. The molecule has 3 aromatic heterocycles. The van der Waals surface area contributed by atoms with Gasteiger partial charge in [0.1, 0.15) is 0 Å². The predicted molar refractivity (Wildman–Crippen MR) is 87.7 cm³/mol. The average Bonchev–Trinajstić information content (AvgIpc) is 3.25. The summed E-state index contributed by atoms with van der Waals surface area (Å²) in [7, 11) is 1.57. The molecule has 8 nitrogen and oxygen atoms in total. The summed E-state index contributed by atoms with van der Waals surface area (Å²) in [5.74, 6) is 1.43. The smallest absolute Gasteiger partial charge is 0.236 e. The third-order valence-electron chi connectivity index (χ3n) is 4.18. The Morgan fingerprint density at radius 2 is 2.21 bits per heavy atom. The fraction of sp³-hybridized carbons (Fsp3) is 0.400. The van der Waals surface area contributed by atoms with Crippen molar-refractivity contribution in [1.82, 2.24) is 30.5 Å². The number of hydrogen-bond donors (Lipinski definition) is 1. The van der Waals surface area contributed by atoms with Gasteiger partial charge < -0.3 is 9.26 Å². The van der Waals surface area contributed by atoms with E-state index in [1.54, 1.807) is 7.11 Å². The molecule has 0 saturated carbocycles. The minimum absolute atomic E-state index is 0.0263. The van der Waals surface area contributed by atoms with Gasteiger partial charge in [0.2, 0.25) is 17.6 Å². The van der Waals surface area contributed by atoms with Gasteiger partial charge in [0.25, 0.3) is 0 Å². The minimum atomic E-state index is -0.0263. The number of aryl methyl sites for hydroxylation is 2. The second-order valence-electron chi connectivity index (χ2n) is 5.67. The van der Waals surface area contributed by atoms with Crippen LogP contribution in [-0.2, 0) is 6.42 Å². The number of methoxy groups -OCH3 is 1. The first-order valence-electron chi connectivity index (χ1n) is 7.62. The molecule has 3 heterocycles. The van der Waals surface area contributed by atoms with Crippen LogP contribution in [0.2, 0.25) is 0 Å². The lowest BCUT2D eigenvalue weighted by Crippen LogP contribution is -2.11. The molecule has 1 atom stereocenters. The summed E-state index contributed by atoms with van der Waals surface area (Å²) in [6.45, 7) is 1.90. The number of hydrogen-bond acceptors (Lipinski definition) is 7. The molecule has 0 bridgehead atoms. The molecule has 9 heteroatoms. The topological polar surface area (TPSA) is 103 Å². The Bertz CT molecular complexity index is 890. The minimum Gasteiger partial charge on any atom is -0.480 e. The second kappa shape index (κ2) is 5.97. The van der Waals surface area contributed by atoms with Crippen LogP contribution in [0.15, 0.2) is 15.1 Å². The molecule has 1 aliphatic rings. The normalized spacial score (nSPS) is 16.9. The second-order valence-corrected chi connectivity index (χ2v) is 6.52. The van der Waals surface area contributed by atoms with E-state index in [2.05, 4.69) is 46.5 Å². The number of halogens is 1. The number of H-pyrrole nitrogens is 1. The van der Waals surface area contributed by atoms with Crippen LogP contribution in [0, 0.1) is 6.92 Å². The third kappa shape index (κ3) is 2.48. The summed E-state index contributed by atoms with van der Waals surface area (Å²) in [6.07, 6.45) is 2.85. The number of nitrogens with one attached hydrogen (secondary N) is 1. The zero-order valence-corrected chi connectivity index (χ0v) is 14.8. The summed E-state index contributed by atoms with van der Waals surface area (Å²) in [6, 6.07) is 1.89. The van der Waals surface area contributed by atoms with Crippen molar-refractivity contribution in [2.45, 2.75) is 32.1 Å². The first-order chi connectivity index (χ1) is 11.7. The van der Waals surface area contributed by atoms with Gasteiger partial charge in [-0.15, -0.1) is 0 Å². The van der Waals surface area contributed by atoms with E-state index in [-0.39, 0.29) is 5.92 Å². The Labute approximate surface area is 146 Å². The molecular weight excluding hydrogens is 376 g/mol. The van der Waals surface area contributed by atoms with Gasteiger partial charge in [0.15, 0.2) is 0 Å². The molecular formula is C15H15BrN6O2. The van der Waals surface area contributed by atoms with Gasteiger partial charge in [-0.2, -0.15) is 20.4 Å². The highest BCUT2D eigenvalue weighted by atomic mass is 79.9. The molecule has 0 amide bonds. The van der Waals surface area contributed by atoms with Crippen LogP contribution >= 0.6 is 15.9 Å². The van der Waals surface area contributed by atoms with E-state index in [9.17, 15) is 0 Å². The summed E-state index contributed by atoms with van der Waals surface area (Å²) in [5.41, 5.74) is 3.38. The van der Waals surface area contributed by atoms with Gasteiger partial charge >= 0.3 is 0 Å². The van der Waals surface area contributed by atoms with Crippen molar-refractivity contribution in [2.24, 2.45) is 0 Å². The predicted octanol–water partition coefficient (Wildman–Crippen LogP) is 2.80. The van der Waals surface area contributed by atoms with E-state index in [1.165, 1.54) is 0 Å². The molecule has 124 valence electrons. The van der Waals surface area contributed by atoms with Crippen LogP contribution in [0.3, 0.4) is 0 Å². The Morgan fingerprint density at radius 3 is 3.04 bits per heavy atom. The number of ether oxygens (including phenoxy) is 1. The number of aromatic nitrogens is 6. The van der Waals surface area contributed by atoms with Gasteiger partial charge in [0, 0.05) is 4.47 Å². The van der Waals surface area contributed by atoms with E-state index >= 15 is 0 Å². The molecule has 1 unspecified atom stereocenters. The maximum atomic E-state index is 5.51. The zero-order chi connectivity index (χ0) is 16.7. The summed E-state index contributed by atoms with van der Waals surface area (Å²) >= 11 is 3.48. The SMILES string of the molecule is COc1nc(C)c(Br)cc1-c1noc(C2CCCc3n[nH]nc32)n1. The Balaban J connectivity index is 1.74. The molecule has 4 rings (SSSR count). The van der Waals surface area contributed by atoms with Crippen LogP contribution in [0.4, 0.5) is 0 Å². The maximum Gasteiger partial charge on any atom is 0.236 e. The first-order valence-corrected chi connectivity index (χ1v) is 8.41. The third-order valence-corrected chi connectivity index (χ3v) is 4.98. The molecule has 1 aliphatic carbocycles. The number of rotatable bonds is 3. The Morgan fingerprint density at radius 1 is 1.33 bits per heavy atom. The maximum absolute atomic E-state index is 5.51. The van der Waals surface area contributed by atoms with Crippen LogP contribution < -0.4 is 4.74 Å². The summed E-state index contributed by atoms with van der Waals surface area (Å²) in [4.78, 5) is 8.96. The monoisotopic (exact) mass is 390 g/mol. The highest BCUT2D eigenvalue weighted by Crippen LogP contribution is 2.36. The quantitative estimate of drug-likeness (QED) is 0.732. The van der Waals surface area contributed by atoms with Crippen molar-refractivity contribution in [3.63, 3.8) is 0 Å². The highest BCUT2D eigenvalue weighted by Gasteiger charge is 2.30. The lowest BCUT2D eigenvalue weighted by atomic mass is 9.90. The van der Waals surface area contributed by atoms with Crippen LogP contribution in [0.5, 0.6) is 5.88 Å². The summed E-state index contributed by atoms with van der Waals surface area (Å²) in [5, 5.41) is 15.2. The number of nitrogens with zero attached hydrogens (tertiary/aromatic N) is 5. The fourth-order valence-corrected chi connectivity index (χ4v) is 3.25. The van der Waals surface area contributed by atoms with E-state index in [4.69, 9.17) is 9.26 Å². The molecule has 0 fully saturated rings. The van der Waals surface area contributed by atoms with Crippen LogP contribution in [0.25, 0.3) is 11.4 Å². The lowest BCUT2D eigenvalue weighted by molar-refractivity contribution is 0.351. The Kier molecular flexibility index (Phi) is 3.79. The zero-order valence-electron chi connectivity index (χ0n) is 13.2. The molecule has 0 saturated heterocycles. The number of pyridine rings is 1. The van der Waals surface area contributed by atoms with Crippen LogP contribution in [0.1, 0.15) is 41.7 Å². The largest absolute Gasteiger partial charge is 0.480 e. The van der Waals surface area contributed by atoms with E-state index in [0.717, 1.165) is 40.8 Å². The molecule has 0 spiro atoms. The molecule has 0 aliphatic heterocycles. The van der Waals surface area contributed by atoms with Crippen LogP contribution in [-0.4, -0.2) is 37.6 Å². The van der Waals surface area contributed by atoms with Crippen molar-refractivity contribution in [3.8, 4) is 17.3 Å². The van der Waals surface area contributed by atoms with E-state index in [0.29, 0.717) is 23.2 Å².